The molecule has 1 aromatic rings. The molecule has 0 aliphatic carbocycles. The van der Waals surface area contributed by atoms with Crippen molar-refractivity contribution in [3.8, 4) is 0 Å². The Bertz CT molecular complexity index is 500. The molecule has 0 spiro atoms. The Labute approximate surface area is 139 Å². The number of urea groups is 1. The third-order valence-electron chi connectivity index (χ3n) is 5.09. The molecular weight excluding hydrogens is 290 g/mol. The first-order valence-electron chi connectivity index (χ1n) is 8.39. The Kier molecular flexibility index (Phi) is 5.88. The van der Waals surface area contributed by atoms with Gasteiger partial charge in [-0.1, -0.05) is 19.1 Å². The van der Waals surface area contributed by atoms with E-state index in [2.05, 4.69) is 29.3 Å². The van der Waals surface area contributed by atoms with Crippen LogP contribution in [0.5, 0.6) is 0 Å². The lowest BCUT2D eigenvalue weighted by atomic mass is 9.77. The van der Waals surface area contributed by atoms with Gasteiger partial charge in [0.1, 0.15) is 0 Å². The van der Waals surface area contributed by atoms with Gasteiger partial charge in [0.2, 0.25) is 0 Å². The number of hydrogen-bond donors (Lipinski definition) is 2. The van der Waals surface area contributed by atoms with E-state index in [1.807, 2.05) is 31.1 Å². The summed E-state index contributed by atoms with van der Waals surface area (Å²) in [7, 11) is 4.02. The number of aliphatic hydroxyl groups is 1. The fourth-order valence-corrected chi connectivity index (χ4v) is 3.01. The molecule has 5 nitrogen and oxygen atoms in total. The van der Waals surface area contributed by atoms with Gasteiger partial charge in [-0.15, -0.1) is 0 Å². The van der Waals surface area contributed by atoms with Crippen molar-refractivity contribution in [1.29, 1.82) is 0 Å². The quantitative estimate of drug-likeness (QED) is 0.876. The normalized spacial score (nSPS) is 17.0. The van der Waals surface area contributed by atoms with Crippen LogP contribution < -0.4 is 10.2 Å². The smallest absolute Gasteiger partial charge is 0.317 e. The van der Waals surface area contributed by atoms with Gasteiger partial charge in [-0.05, 0) is 42.4 Å². The summed E-state index contributed by atoms with van der Waals surface area (Å²) < 4.78 is 0. The molecule has 128 valence electrons. The zero-order valence-corrected chi connectivity index (χ0v) is 14.5. The molecule has 0 radical (unpaired) electrons. The second-order valence-corrected chi connectivity index (χ2v) is 6.72. The van der Waals surface area contributed by atoms with Crippen LogP contribution in [-0.2, 0) is 6.54 Å². The van der Waals surface area contributed by atoms with Crippen LogP contribution in [0.25, 0.3) is 0 Å². The highest BCUT2D eigenvalue weighted by Gasteiger charge is 2.33. The Morgan fingerprint density at radius 1 is 1.26 bits per heavy atom. The van der Waals surface area contributed by atoms with Crippen molar-refractivity contribution >= 4 is 11.7 Å². The van der Waals surface area contributed by atoms with Crippen molar-refractivity contribution in [2.45, 2.75) is 32.7 Å². The average Bonchev–Trinajstić information content (AvgIpc) is 2.60. The van der Waals surface area contributed by atoms with Crippen LogP contribution in [0.1, 0.15) is 31.7 Å². The molecule has 2 amide bonds. The van der Waals surface area contributed by atoms with E-state index in [0.29, 0.717) is 6.54 Å². The first-order valence-corrected chi connectivity index (χ1v) is 8.39. The molecular formula is C18H29N3O2. The summed E-state index contributed by atoms with van der Waals surface area (Å²) in [6, 6.07) is 8.18. The van der Waals surface area contributed by atoms with E-state index in [9.17, 15) is 9.90 Å². The molecule has 0 bridgehead atoms. The van der Waals surface area contributed by atoms with Crippen molar-refractivity contribution in [3.05, 3.63) is 29.8 Å². The molecule has 0 unspecified atom stereocenters. The van der Waals surface area contributed by atoms with E-state index in [-0.39, 0.29) is 18.1 Å². The fraction of sp³-hybridized carbons (Fsp3) is 0.611. The Hall–Kier alpha value is -1.75. The van der Waals surface area contributed by atoms with Crippen LogP contribution in [0.3, 0.4) is 0 Å². The molecule has 1 aliphatic rings. The second kappa shape index (κ2) is 7.68. The number of rotatable bonds is 5. The van der Waals surface area contributed by atoms with E-state index in [0.717, 1.165) is 43.6 Å². The molecule has 0 saturated carbocycles. The van der Waals surface area contributed by atoms with Crippen molar-refractivity contribution < 1.29 is 9.90 Å². The van der Waals surface area contributed by atoms with Crippen LogP contribution in [-0.4, -0.2) is 49.8 Å². The van der Waals surface area contributed by atoms with Crippen molar-refractivity contribution in [1.82, 2.24) is 10.2 Å². The van der Waals surface area contributed by atoms with Crippen LogP contribution >= 0.6 is 0 Å². The van der Waals surface area contributed by atoms with Gasteiger partial charge in [0, 0.05) is 46.0 Å². The van der Waals surface area contributed by atoms with E-state index < -0.39 is 0 Å². The predicted octanol–water partition coefficient (Wildman–Crippen LogP) is 2.45. The number of carbonyl (C=O) groups is 1. The molecule has 2 N–H and O–H groups in total. The highest BCUT2D eigenvalue weighted by Crippen LogP contribution is 2.34. The van der Waals surface area contributed by atoms with Gasteiger partial charge < -0.3 is 20.2 Å². The second-order valence-electron chi connectivity index (χ2n) is 6.72. The number of nitrogens with zero attached hydrogens (tertiary/aromatic N) is 2. The molecule has 0 atom stereocenters. The lowest BCUT2D eigenvalue weighted by Crippen LogP contribution is -2.48. The van der Waals surface area contributed by atoms with Gasteiger partial charge in [0.15, 0.2) is 0 Å². The topological polar surface area (TPSA) is 55.8 Å². The molecule has 1 aliphatic heterocycles. The zero-order chi connectivity index (χ0) is 16.9. The first-order chi connectivity index (χ1) is 11.0. The summed E-state index contributed by atoms with van der Waals surface area (Å²) in [5.41, 5.74) is 2.26. The molecule has 23 heavy (non-hydrogen) atoms. The maximum atomic E-state index is 12.3. The summed E-state index contributed by atoms with van der Waals surface area (Å²) in [6.07, 6.45) is 2.73. The van der Waals surface area contributed by atoms with E-state index in [4.69, 9.17) is 0 Å². The molecule has 0 aromatic heterocycles. The number of aliphatic hydroxyl groups excluding tert-OH is 1. The van der Waals surface area contributed by atoms with Crippen molar-refractivity contribution in [3.63, 3.8) is 0 Å². The monoisotopic (exact) mass is 319 g/mol. The van der Waals surface area contributed by atoms with Gasteiger partial charge >= 0.3 is 6.03 Å². The Morgan fingerprint density at radius 3 is 2.35 bits per heavy atom. The van der Waals surface area contributed by atoms with Crippen LogP contribution in [0.2, 0.25) is 0 Å². The van der Waals surface area contributed by atoms with Gasteiger partial charge in [-0.3, -0.25) is 0 Å². The summed E-state index contributed by atoms with van der Waals surface area (Å²) in [6.45, 7) is 4.32. The van der Waals surface area contributed by atoms with E-state index in [1.165, 1.54) is 0 Å². The lowest BCUT2D eigenvalue weighted by molar-refractivity contribution is 0.0519. The van der Waals surface area contributed by atoms with Crippen LogP contribution in [0.15, 0.2) is 24.3 Å². The summed E-state index contributed by atoms with van der Waals surface area (Å²) in [5.74, 6) is 0. The third kappa shape index (κ3) is 4.38. The molecule has 1 heterocycles. The standard InChI is InChI=1S/C18H29N3O2/c1-4-18(14-22)9-11-21(12-10-18)17(23)19-13-15-5-7-16(8-6-15)20(2)3/h5-8,22H,4,9-14H2,1-3H3,(H,19,23). The largest absolute Gasteiger partial charge is 0.396 e. The van der Waals surface area contributed by atoms with Crippen LogP contribution in [0, 0.1) is 5.41 Å². The van der Waals surface area contributed by atoms with Crippen molar-refractivity contribution in [2.24, 2.45) is 5.41 Å². The minimum absolute atomic E-state index is 0.00988. The Balaban J connectivity index is 1.81. The number of carbonyl (C=O) groups excluding carboxylic acids is 1. The molecule has 5 heteroatoms. The highest BCUT2D eigenvalue weighted by molar-refractivity contribution is 5.74. The minimum atomic E-state index is -0.00988. The number of likely N-dealkylation sites (tertiary alicyclic amines) is 1. The summed E-state index contributed by atoms with van der Waals surface area (Å²) in [4.78, 5) is 16.2. The van der Waals surface area contributed by atoms with Gasteiger partial charge in [0.05, 0.1) is 0 Å². The maximum absolute atomic E-state index is 12.3. The zero-order valence-electron chi connectivity index (χ0n) is 14.5. The highest BCUT2D eigenvalue weighted by atomic mass is 16.3. The maximum Gasteiger partial charge on any atom is 0.317 e. The fourth-order valence-electron chi connectivity index (χ4n) is 3.01. The summed E-state index contributed by atoms with van der Waals surface area (Å²) >= 11 is 0. The SMILES string of the molecule is CCC1(CO)CCN(C(=O)NCc2ccc(N(C)C)cc2)CC1. The summed E-state index contributed by atoms with van der Waals surface area (Å²) in [5, 5.41) is 12.5. The number of hydrogen-bond acceptors (Lipinski definition) is 3. The number of benzene rings is 1. The number of piperidine rings is 1. The van der Waals surface area contributed by atoms with E-state index >= 15 is 0 Å². The molecule has 2 rings (SSSR count). The minimum Gasteiger partial charge on any atom is -0.396 e. The predicted molar refractivity (Wildman–Crippen MR) is 93.6 cm³/mol. The third-order valence-corrected chi connectivity index (χ3v) is 5.09. The van der Waals surface area contributed by atoms with Gasteiger partial charge in [0.25, 0.3) is 0 Å². The lowest BCUT2D eigenvalue weighted by Gasteiger charge is -2.40. The molecule has 1 fully saturated rings. The van der Waals surface area contributed by atoms with Crippen molar-refractivity contribution in [2.75, 3.05) is 38.7 Å². The van der Waals surface area contributed by atoms with Gasteiger partial charge in [-0.25, -0.2) is 4.79 Å². The number of nitrogens with one attached hydrogen (secondary N) is 1. The molecule has 1 aromatic carbocycles. The van der Waals surface area contributed by atoms with Crippen LogP contribution in [0.4, 0.5) is 10.5 Å². The Morgan fingerprint density at radius 2 is 1.87 bits per heavy atom. The number of amides is 2. The average molecular weight is 319 g/mol. The van der Waals surface area contributed by atoms with E-state index in [1.54, 1.807) is 0 Å². The molecule has 1 saturated heterocycles. The number of anilines is 1. The van der Waals surface area contributed by atoms with Gasteiger partial charge in [-0.2, -0.15) is 0 Å². The first kappa shape index (κ1) is 17.6.